The van der Waals surface area contributed by atoms with E-state index in [1.807, 2.05) is 156 Å². The number of nitrogens with zero attached hydrogens (tertiary/aromatic N) is 13. The molecule has 1 radical (unpaired) electrons. The zero-order valence-electron chi connectivity index (χ0n) is 38.1. The smallest absolute Gasteiger partial charge is 0.204 e. The van der Waals surface area contributed by atoms with Crippen LogP contribution in [0.25, 0.3) is 0 Å². The van der Waals surface area contributed by atoms with Crippen LogP contribution in [0.2, 0.25) is 0 Å². The maximum Gasteiger partial charge on any atom is 0.204 e. The molecule has 18 heteroatoms. The van der Waals surface area contributed by atoms with Crippen molar-refractivity contribution < 1.29 is 24.2 Å². The third-order valence-electron chi connectivity index (χ3n) is 11.5. The van der Waals surface area contributed by atoms with Crippen LogP contribution >= 0.6 is 0 Å². The van der Waals surface area contributed by atoms with Gasteiger partial charge in [0.2, 0.25) is 5.75 Å². The van der Waals surface area contributed by atoms with Crippen molar-refractivity contribution in [3.8, 4) is 17.2 Å². The van der Waals surface area contributed by atoms with Gasteiger partial charge < -0.3 is 18.9 Å². The van der Waals surface area contributed by atoms with Crippen molar-refractivity contribution in [2.24, 2.45) is 0 Å². The van der Waals surface area contributed by atoms with Crippen LogP contribution in [0.4, 0.5) is 0 Å². The molecule has 0 saturated carbocycles. The van der Waals surface area contributed by atoms with Crippen LogP contribution in [-0.4, -0.2) is 82.2 Å². The van der Waals surface area contributed by atoms with E-state index in [2.05, 4.69) is 41.2 Å². The minimum Gasteiger partial charge on any atom is -0.483 e. The Kier molecular flexibility index (Phi) is 13.5. The first-order valence-corrected chi connectivity index (χ1v) is 22.3. The van der Waals surface area contributed by atoms with Gasteiger partial charge in [-0.2, -0.15) is 0 Å². The summed E-state index contributed by atoms with van der Waals surface area (Å²) in [6.07, 6.45) is 8.59. The van der Waals surface area contributed by atoms with Gasteiger partial charge in [-0.25, -0.2) is 18.7 Å². The summed E-state index contributed by atoms with van der Waals surface area (Å²) in [5, 5.41) is 49.3. The number of hydroxylamine groups is 2. The van der Waals surface area contributed by atoms with Crippen molar-refractivity contribution in [1.82, 2.24) is 65.0 Å². The first kappa shape index (κ1) is 44.9. The van der Waals surface area contributed by atoms with E-state index in [1.54, 1.807) is 18.7 Å². The molecule has 18 nitrogen and oxygen atoms in total. The topological polar surface area (TPSA) is 183 Å². The van der Waals surface area contributed by atoms with Gasteiger partial charge in [0.05, 0.1) is 63.7 Å². The Bertz CT molecular complexity index is 2700. The summed E-state index contributed by atoms with van der Waals surface area (Å²) >= 11 is 0. The molecule has 0 amide bonds. The van der Waals surface area contributed by atoms with E-state index in [-0.39, 0.29) is 32.5 Å². The molecule has 4 aromatic carbocycles. The predicted molar refractivity (Wildman–Crippen MR) is 244 cm³/mol. The molecule has 0 N–H and O–H groups in total. The Balaban J connectivity index is 0.975. The molecule has 8 aromatic rings. The maximum atomic E-state index is 12.9. The molecule has 0 spiro atoms. The third-order valence-corrected chi connectivity index (χ3v) is 11.5. The lowest BCUT2D eigenvalue weighted by molar-refractivity contribution is -0.301. The Morgan fingerprint density at radius 2 is 0.821 bits per heavy atom. The van der Waals surface area contributed by atoms with Gasteiger partial charge in [0, 0.05) is 11.1 Å². The van der Waals surface area contributed by atoms with Gasteiger partial charge in [-0.1, -0.05) is 112 Å². The third kappa shape index (κ3) is 11.8. The second-order valence-electron chi connectivity index (χ2n) is 18.1. The summed E-state index contributed by atoms with van der Waals surface area (Å²) in [6.45, 7) is 10.4. The average molecular weight is 905 g/mol. The second-order valence-corrected chi connectivity index (χ2v) is 18.1. The van der Waals surface area contributed by atoms with Crippen molar-refractivity contribution in [1.29, 1.82) is 0 Å². The number of hydrogen-bond acceptors (Lipinski definition) is 13. The second kappa shape index (κ2) is 20.1. The molecule has 5 heterocycles. The van der Waals surface area contributed by atoms with Gasteiger partial charge in [-0.3, -0.25) is 0 Å². The molecule has 1 fully saturated rings. The first-order chi connectivity index (χ1) is 32.5. The summed E-state index contributed by atoms with van der Waals surface area (Å²) in [5.41, 5.74) is 5.56. The average Bonchev–Trinajstić information content (AvgIpc) is 4.16. The molecule has 0 unspecified atom stereocenters. The fourth-order valence-corrected chi connectivity index (χ4v) is 8.45. The van der Waals surface area contributed by atoms with E-state index in [4.69, 9.17) is 18.9 Å². The molecule has 345 valence electrons. The molecule has 0 atom stereocenters. The number of benzene rings is 4. The zero-order valence-corrected chi connectivity index (χ0v) is 38.1. The van der Waals surface area contributed by atoms with Gasteiger partial charge >= 0.3 is 0 Å². The van der Waals surface area contributed by atoms with Gasteiger partial charge in [-0.05, 0) is 74.9 Å². The normalized spacial score (nSPS) is 14.9. The lowest BCUT2D eigenvalue weighted by Gasteiger charge is -2.49. The molecule has 0 aliphatic carbocycles. The summed E-state index contributed by atoms with van der Waals surface area (Å²) in [7, 11) is 0. The summed E-state index contributed by atoms with van der Waals surface area (Å²) < 4.78 is 33.1. The van der Waals surface area contributed by atoms with E-state index < -0.39 is 11.1 Å². The molecule has 1 aliphatic heterocycles. The molecular weight excluding hydrogens is 851 g/mol. The summed E-state index contributed by atoms with van der Waals surface area (Å²) in [4.78, 5) is 0. The van der Waals surface area contributed by atoms with E-state index in [0.717, 1.165) is 22.3 Å². The number of hydrogen-bond donors (Lipinski definition) is 0. The highest BCUT2D eigenvalue weighted by Crippen LogP contribution is 2.41. The van der Waals surface area contributed by atoms with Crippen molar-refractivity contribution in [2.75, 3.05) is 0 Å². The van der Waals surface area contributed by atoms with Gasteiger partial charge in [0.1, 0.15) is 42.6 Å². The number of rotatable bonds is 20. The molecule has 0 bridgehead atoms. The van der Waals surface area contributed by atoms with E-state index in [1.165, 1.54) is 5.06 Å². The lowest BCUT2D eigenvalue weighted by Crippen LogP contribution is -2.59. The summed E-state index contributed by atoms with van der Waals surface area (Å²) in [6, 6.07) is 34.0. The highest BCUT2D eigenvalue weighted by atomic mass is 16.5. The highest BCUT2D eigenvalue weighted by Gasteiger charge is 2.46. The van der Waals surface area contributed by atoms with E-state index in [9.17, 15) is 5.21 Å². The van der Waals surface area contributed by atoms with Crippen LogP contribution in [-0.2, 0) is 62.6 Å². The Labute approximate surface area is 388 Å². The molecule has 9 rings (SSSR count). The fraction of sp³-hybridized carbons (Fsp3) is 0.347. The van der Waals surface area contributed by atoms with Crippen molar-refractivity contribution >= 4 is 0 Å². The SMILES string of the molecule is CC1(C)CC(OCc2cn(Cc3cc(OCc4cn(Cc5ccccc5)nn4)c(OCc4cn(Cc5ccccc5)nn4)c(OCc4cn(Cc5ccccc5)nn4)c3)nn2)CC(C)(C)N1[O]. The number of aromatic nitrogens is 12. The molecule has 1 aliphatic rings. The summed E-state index contributed by atoms with van der Waals surface area (Å²) in [5.74, 6) is 1.18. The van der Waals surface area contributed by atoms with Gasteiger partial charge in [-0.15, -0.1) is 30.7 Å². The first-order valence-electron chi connectivity index (χ1n) is 22.3. The molecule has 1 saturated heterocycles. The largest absolute Gasteiger partial charge is 0.483 e. The number of ether oxygens (including phenoxy) is 4. The Hall–Kier alpha value is -7.28. The van der Waals surface area contributed by atoms with Gasteiger partial charge in [0.15, 0.2) is 11.5 Å². The standard InChI is InChI=1S/C49H54N13O5/c1-48(2)22-44(23-49(3,4)62(48)63)64-32-40-28-61(57-50-40)27-39-20-45(65-33-41-29-58(54-51-41)24-36-14-8-5-9-15-36)47(67-35-43-31-60(56-53-43)26-38-18-12-7-13-19-38)46(21-39)66-34-42-30-59(55-52-42)25-37-16-10-6-11-17-37/h5-21,28-31,44H,22-27,32-35H2,1-4H3. The molecular formula is C49H54N13O5. The monoisotopic (exact) mass is 904 g/mol. The van der Waals surface area contributed by atoms with Crippen molar-refractivity contribution in [3.05, 3.63) is 173 Å². The van der Waals surface area contributed by atoms with Crippen LogP contribution in [0.3, 0.4) is 0 Å². The fourth-order valence-electron chi connectivity index (χ4n) is 8.45. The predicted octanol–water partition coefficient (Wildman–Crippen LogP) is 6.87. The van der Waals surface area contributed by atoms with E-state index >= 15 is 0 Å². The van der Waals surface area contributed by atoms with Crippen LogP contribution < -0.4 is 14.2 Å². The quantitative estimate of drug-likeness (QED) is 0.0774. The zero-order chi connectivity index (χ0) is 46.2. The maximum absolute atomic E-state index is 12.9. The molecule has 67 heavy (non-hydrogen) atoms. The highest BCUT2D eigenvalue weighted by molar-refractivity contribution is 5.54. The lowest BCUT2D eigenvalue weighted by atomic mass is 9.80. The minimum absolute atomic E-state index is 0.0794. The van der Waals surface area contributed by atoms with Crippen molar-refractivity contribution in [2.45, 2.75) is 110 Å². The van der Waals surface area contributed by atoms with Crippen LogP contribution in [0.1, 0.15) is 85.6 Å². The van der Waals surface area contributed by atoms with Crippen LogP contribution in [0, 0.1) is 0 Å². The molecule has 4 aromatic heterocycles. The Morgan fingerprint density at radius 1 is 0.478 bits per heavy atom. The van der Waals surface area contributed by atoms with Gasteiger partial charge in [0.25, 0.3) is 0 Å². The number of piperidine rings is 1. The van der Waals surface area contributed by atoms with E-state index in [0.29, 0.717) is 79.0 Å². The van der Waals surface area contributed by atoms with Crippen LogP contribution in [0.15, 0.2) is 128 Å². The Morgan fingerprint density at radius 3 is 1.21 bits per heavy atom. The minimum atomic E-state index is -0.544. The van der Waals surface area contributed by atoms with Crippen molar-refractivity contribution in [3.63, 3.8) is 0 Å². The van der Waals surface area contributed by atoms with Crippen LogP contribution in [0.5, 0.6) is 17.2 Å².